The van der Waals surface area contributed by atoms with Gasteiger partial charge < -0.3 is 14.8 Å². The van der Waals surface area contributed by atoms with Crippen LogP contribution in [0.15, 0.2) is 28.7 Å². The van der Waals surface area contributed by atoms with Crippen molar-refractivity contribution in [3.05, 3.63) is 28.7 Å². The summed E-state index contributed by atoms with van der Waals surface area (Å²) in [6.07, 6.45) is 1.20. The van der Waals surface area contributed by atoms with Crippen LogP contribution in [-0.4, -0.2) is 30.6 Å². The monoisotopic (exact) mass is 341 g/mol. The molecule has 1 aromatic carbocycles. The quantitative estimate of drug-likeness (QED) is 0.804. The lowest BCUT2D eigenvalue weighted by atomic mass is 10.3. The Kier molecular flexibility index (Phi) is 5.00. The number of benzene rings is 1. The third-order valence-corrected chi connectivity index (χ3v) is 3.25. The molecule has 108 valence electrons. The van der Waals surface area contributed by atoms with Crippen molar-refractivity contribution in [1.82, 2.24) is 5.32 Å². The van der Waals surface area contributed by atoms with Crippen LogP contribution >= 0.6 is 15.9 Å². The normalized spacial score (nSPS) is 15.3. The van der Waals surface area contributed by atoms with Crippen LogP contribution in [0.2, 0.25) is 0 Å². The highest BCUT2D eigenvalue weighted by Crippen LogP contribution is 2.19. The zero-order valence-electron chi connectivity index (χ0n) is 11.1. The van der Waals surface area contributed by atoms with Gasteiger partial charge in [0.15, 0.2) is 12.7 Å². The van der Waals surface area contributed by atoms with Crippen LogP contribution in [0.25, 0.3) is 0 Å². The number of nitrogens with one attached hydrogen (secondary N) is 1. The Bertz CT molecular complexity index is 502. The predicted molar refractivity (Wildman–Crippen MR) is 76.4 cm³/mol. The Hall–Kier alpha value is -1.56. The molecule has 1 aromatic rings. The van der Waals surface area contributed by atoms with E-state index in [0.717, 1.165) is 17.3 Å². The smallest absolute Gasteiger partial charge is 0.344 e. The second-order valence-corrected chi connectivity index (χ2v) is 5.58. The van der Waals surface area contributed by atoms with Gasteiger partial charge >= 0.3 is 5.97 Å². The van der Waals surface area contributed by atoms with Crippen LogP contribution in [0.5, 0.6) is 5.75 Å². The third-order valence-electron chi connectivity index (χ3n) is 2.75. The highest BCUT2D eigenvalue weighted by Gasteiger charge is 2.27. The van der Waals surface area contributed by atoms with Crippen LogP contribution in [0.1, 0.15) is 19.8 Å². The predicted octanol–water partition coefficient (Wildman–Crippen LogP) is 2.04. The van der Waals surface area contributed by atoms with Gasteiger partial charge in [-0.15, -0.1) is 0 Å². The minimum Gasteiger partial charge on any atom is -0.482 e. The number of hydrogen-bond acceptors (Lipinski definition) is 4. The molecular weight excluding hydrogens is 326 g/mol. The Morgan fingerprint density at radius 1 is 1.45 bits per heavy atom. The van der Waals surface area contributed by atoms with Crippen LogP contribution in [0, 0.1) is 0 Å². The van der Waals surface area contributed by atoms with E-state index in [9.17, 15) is 9.59 Å². The second kappa shape index (κ2) is 6.74. The molecule has 1 saturated carbocycles. The summed E-state index contributed by atoms with van der Waals surface area (Å²) in [4.78, 5) is 23.2. The van der Waals surface area contributed by atoms with Crippen molar-refractivity contribution in [3.8, 4) is 5.75 Å². The van der Waals surface area contributed by atoms with Crippen LogP contribution in [0.4, 0.5) is 0 Å². The van der Waals surface area contributed by atoms with Crippen molar-refractivity contribution in [2.24, 2.45) is 0 Å². The van der Waals surface area contributed by atoms with Crippen molar-refractivity contribution in [2.45, 2.75) is 31.9 Å². The van der Waals surface area contributed by atoms with Gasteiger partial charge in [0.2, 0.25) is 0 Å². The van der Waals surface area contributed by atoms with Gasteiger partial charge in [0.25, 0.3) is 5.91 Å². The van der Waals surface area contributed by atoms with E-state index >= 15 is 0 Å². The Balaban J connectivity index is 1.72. The fourth-order valence-corrected chi connectivity index (χ4v) is 1.91. The first kappa shape index (κ1) is 14.8. The Morgan fingerprint density at radius 3 is 2.85 bits per heavy atom. The third kappa shape index (κ3) is 4.85. The fraction of sp³-hybridized carbons (Fsp3) is 0.429. The molecule has 20 heavy (non-hydrogen) atoms. The number of carbonyl (C=O) groups is 2. The molecule has 0 radical (unpaired) electrons. The highest BCUT2D eigenvalue weighted by atomic mass is 79.9. The van der Waals surface area contributed by atoms with Crippen molar-refractivity contribution in [1.29, 1.82) is 0 Å². The van der Waals surface area contributed by atoms with Crippen LogP contribution in [0.3, 0.4) is 0 Å². The molecule has 1 aliphatic rings. The first-order chi connectivity index (χ1) is 9.54. The van der Waals surface area contributed by atoms with Crippen molar-refractivity contribution in [2.75, 3.05) is 6.61 Å². The number of halogens is 1. The van der Waals surface area contributed by atoms with Gasteiger partial charge in [0.1, 0.15) is 5.75 Å². The second-order valence-electron chi connectivity index (χ2n) is 4.66. The SMILES string of the molecule is C[C@H](OC(=O)COc1cccc(Br)c1)C(=O)NC1CC1. The summed E-state index contributed by atoms with van der Waals surface area (Å²) in [5.41, 5.74) is 0. The molecule has 0 aromatic heterocycles. The molecule has 0 heterocycles. The van der Waals surface area contributed by atoms with E-state index in [0.29, 0.717) is 5.75 Å². The van der Waals surface area contributed by atoms with Gasteiger partial charge in [-0.05, 0) is 38.0 Å². The molecule has 1 aliphatic carbocycles. The van der Waals surface area contributed by atoms with Gasteiger partial charge in [0, 0.05) is 10.5 Å². The molecule has 5 nitrogen and oxygen atoms in total. The molecule has 0 saturated heterocycles. The Morgan fingerprint density at radius 2 is 2.20 bits per heavy atom. The molecule has 0 unspecified atom stereocenters. The largest absolute Gasteiger partial charge is 0.482 e. The lowest BCUT2D eigenvalue weighted by Crippen LogP contribution is -2.37. The lowest BCUT2D eigenvalue weighted by Gasteiger charge is -2.13. The average molecular weight is 342 g/mol. The van der Waals surface area contributed by atoms with E-state index in [1.54, 1.807) is 25.1 Å². The first-order valence-corrected chi connectivity index (χ1v) is 7.22. The number of esters is 1. The standard InChI is InChI=1S/C14H16BrNO4/c1-9(14(18)16-11-5-6-11)20-13(17)8-19-12-4-2-3-10(15)7-12/h2-4,7,9,11H,5-6,8H2,1H3,(H,16,18)/t9-/m0/s1. The van der Waals surface area contributed by atoms with Gasteiger partial charge in [0.05, 0.1) is 0 Å². The van der Waals surface area contributed by atoms with Crippen molar-refractivity contribution >= 4 is 27.8 Å². The molecule has 1 atom stereocenters. The molecular formula is C14H16BrNO4. The van der Waals surface area contributed by atoms with Crippen molar-refractivity contribution < 1.29 is 19.1 Å². The maximum Gasteiger partial charge on any atom is 0.344 e. The number of amides is 1. The molecule has 0 spiro atoms. The maximum atomic E-state index is 11.6. The van der Waals surface area contributed by atoms with Gasteiger partial charge in [-0.3, -0.25) is 4.79 Å². The highest BCUT2D eigenvalue weighted by molar-refractivity contribution is 9.10. The molecule has 0 aliphatic heterocycles. The maximum absolute atomic E-state index is 11.6. The van der Waals surface area contributed by atoms with E-state index in [-0.39, 0.29) is 18.6 Å². The number of hydrogen-bond donors (Lipinski definition) is 1. The van der Waals surface area contributed by atoms with E-state index in [1.165, 1.54) is 0 Å². The minimum atomic E-state index is -0.797. The molecule has 1 amide bonds. The van der Waals surface area contributed by atoms with E-state index < -0.39 is 12.1 Å². The summed E-state index contributed by atoms with van der Waals surface area (Å²) in [5, 5.41) is 2.78. The number of carbonyl (C=O) groups excluding carboxylic acids is 2. The van der Waals surface area contributed by atoms with E-state index in [1.807, 2.05) is 6.07 Å². The molecule has 2 rings (SSSR count). The van der Waals surface area contributed by atoms with Crippen LogP contribution < -0.4 is 10.1 Å². The molecule has 6 heteroatoms. The van der Waals surface area contributed by atoms with Crippen molar-refractivity contribution in [3.63, 3.8) is 0 Å². The average Bonchev–Trinajstić information content (AvgIpc) is 3.20. The number of ether oxygens (including phenoxy) is 2. The molecule has 0 bridgehead atoms. The summed E-state index contributed by atoms with van der Waals surface area (Å²) in [7, 11) is 0. The van der Waals surface area contributed by atoms with E-state index in [2.05, 4.69) is 21.2 Å². The summed E-state index contributed by atoms with van der Waals surface area (Å²) < 4.78 is 11.2. The summed E-state index contributed by atoms with van der Waals surface area (Å²) in [6.45, 7) is 1.33. The van der Waals surface area contributed by atoms with Gasteiger partial charge in [-0.1, -0.05) is 22.0 Å². The molecule has 1 N–H and O–H groups in total. The fourth-order valence-electron chi connectivity index (χ4n) is 1.53. The zero-order valence-corrected chi connectivity index (χ0v) is 12.7. The first-order valence-electron chi connectivity index (χ1n) is 6.43. The topological polar surface area (TPSA) is 64.6 Å². The summed E-state index contributed by atoms with van der Waals surface area (Å²) in [6, 6.07) is 7.39. The van der Waals surface area contributed by atoms with E-state index in [4.69, 9.17) is 9.47 Å². The summed E-state index contributed by atoms with van der Waals surface area (Å²) >= 11 is 3.31. The zero-order chi connectivity index (χ0) is 14.5. The van der Waals surface area contributed by atoms with Gasteiger partial charge in [-0.2, -0.15) is 0 Å². The van der Waals surface area contributed by atoms with Crippen LogP contribution in [-0.2, 0) is 14.3 Å². The van der Waals surface area contributed by atoms with Gasteiger partial charge in [-0.25, -0.2) is 4.79 Å². The lowest BCUT2D eigenvalue weighted by molar-refractivity contribution is -0.156. The Labute approximate surface area is 125 Å². The summed E-state index contributed by atoms with van der Waals surface area (Å²) in [5.74, 6) is -0.266. The number of rotatable bonds is 6. The molecule has 1 fully saturated rings. The minimum absolute atomic E-state index is 0.225.